The molecule has 4 aromatic rings. The van der Waals surface area contributed by atoms with Crippen molar-refractivity contribution in [3.63, 3.8) is 0 Å². The third-order valence-electron chi connectivity index (χ3n) is 6.67. The molecule has 10 heteroatoms. The Labute approximate surface area is 233 Å². The van der Waals surface area contributed by atoms with Crippen LogP contribution in [0, 0.1) is 0 Å². The molecular formula is C30H35N7O3. The Morgan fingerprint density at radius 3 is 2.52 bits per heavy atom. The number of anilines is 2. The van der Waals surface area contributed by atoms with Crippen LogP contribution in [-0.4, -0.2) is 49.3 Å². The Hall–Kier alpha value is -4.47. The summed E-state index contributed by atoms with van der Waals surface area (Å²) in [6.45, 7) is 5.59. The van der Waals surface area contributed by atoms with Crippen LogP contribution in [0.4, 0.5) is 16.3 Å². The second kappa shape index (κ2) is 11.7. The first-order chi connectivity index (χ1) is 19.2. The van der Waals surface area contributed by atoms with E-state index in [0.717, 1.165) is 54.1 Å². The van der Waals surface area contributed by atoms with Crippen molar-refractivity contribution in [2.24, 2.45) is 0 Å². The number of nitrogens with one attached hydrogen (secondary N) is 3. The van der Waals surface area contributed by atoms with Crippen molar-refractivity contribution in [3.05, 3.63) is 72.7 Å². The van der Waals surface area contributed by atoms with E-state index in [1.807, 2.05) is 79.9 Å². The Morgan fingerprint density at radius 1 is 0.975 bits per heavy atom. The number of rotatable bonds is 7. The maximum atomic E-state index is 12.5. The molecule has 40 heavy (non-hydrogen) atoms. The molecule has 2 amide bonds. The zero-order chi connectivity index (χ0) is 28.1. The van der Waals surface area contributed by atoms with Gasteiger partial charge in [0.05, 0.1) is 18.3 Å². The van der Waals surface area contributed by atoms with Crippen molar-refractivity contribution in [2.45, 2.75) is 70.6 Å². The van der Waals surface area contributed by atoms with Gasteiger partial charge in [-0.3, -0.25) is 9.78 Å². The summed E-state index contributed by atoms with van der Waals surface area (Å²) >= 11 is 0. The van der Waals surface area contributed by atoms with Gasteiger partial charge in [-0.25, -0.2) is 14.3 Å². The normalized spacial score (nSPS) is 17.3. The second-order valence-corrected chi connectivity index (χ2v) is 11.1. The summed E-state index contributed by atoms with van der Waals surface area (Å²) in [6.07, 6.45) is 6.88. The van der Waals surface area contributed by atoms with Gasteiger partial charge in [0.1, 0.15) is 11.4 Å². The lowest BCUT2D eigenvalue weighted by Crippen LogP contribution is -2.42. The van der Waals surface area contributed by atoms with Crippen LogP contribution in [0.5, 0.6) is 0 Å². The summed E-state index contributed by atoms with van der Waals surface area (Å²) in [5.41, 5.74) is 3.35. The lowest BCUT2D eigenvalue weighted by atomic mass is 9.91. The maximum Gasteiger partial charge on any atom is 0.407 e. The number of benzene rings is 1. The van der Waals surface area contributed by atoms with Gasteiger partial charge in [0.2, 0.25) is 5.91 Å². The molecule has 0 unspecified atom stereocenters. The number of fused-ring (bicyclic) bond motifs is 1. The minimum Gasteiger partial charge on any atom is -0.444 e. The number of alkyl carbamates (subject to hydrolysis) is 1. The molecule has 3 heterocycles. The molecule has 208 valence electrons. The summed E-state index contributed by atoms with van der Waals surface area (Å²) in [7, 11) is 0. The predicted octanol–water partition coefficient (Wildman–Crippen LogP) is 5.22. The van der Waals surface area contributed by atoms with E-state index >= 15 is 0 Å². The van der Waals surface area contributed by atoms with Gasteiger partial charge in [0, 0.05) is 35.2 Å². The van der Waals surface area contributed by atoms with E-state index in [-0.39, 0.29) is 30.5 Å². The largest absolute Gasteiger partial charge is 0.444 e. The fraction of sp³-hybridized carbons (Fsp3) is 0.367. The number of carbonyl (C=O) groups is 2. The lowest BCUT2D eigenvalue weighted by Gasteiger charge is -2.30. The average Bonchev–Trinajstić information content (AvgIpc) is 3.33. The summed E-state index contributed by atoms with van der Waals surface area (Å²) < 4.78 is 7.20. The van der Waals surface area contributed by atoms with Gasteiger partial charge in [-0.1, -0.05) is 18.2 Å². The van der Waals surface area contributed by atoms with Crippen LogP contribution in [-0.2, 0) is 16.0 Å². The fourth-order valence-electron chi connectivity index (χ4n) is 4.84. The third kappa shape index (κ3) is 7.13. The van der Waals surface area contributed by atoms with Crippen molar-refractivity contribution in [1.29, 1.82) is 0 Å². The van der Waals surface area contributed by atoms with Crippen LogP contribution in [0.1, 0.15) is 52.1 Å². The number of carbonyl (C=O) groups excluding carboxylic acids is 2. The SMILES string of the molecule is CC(C)(C)OC(=O)N[C@H]1CC[C@H](Nc2ccc3ncc(-c4cccc(NC(=O)Cc5ccccn5)c4)n3n2)CC1. The lowest BCUT2D eigenvalue weighted by molar-refractivity contribution is -0.115. The molecule has 5 rings (SSSR count). The molecule has 10 nitrogen and oxygen atoms in total. The summed E-state index contributed by atoms with van der Waals surface area (Å²) in [5.74, 6) is 0.629. The van der Waals surface area contributed by atoms with Gasteiger partial charge < -0.3 is 20.7 Å². The molecule has 0 radical (unpaired) electrons. The highest BCUT2D eigenvalue weighted by Crippen LogP contribution is 2.26. The van der Waals surface area contributed by atoms with Gasteiger partial charge in [0.15, 0.2) is 5.65 Å². The minimum absolute atomic E-state index is 0.111. The van der Waals surface area contributed by atoms with E-state index < -0.39 is 5.60 Å². The zero-order valence-corrected chi connectivity index (χ0v) is 23.1. The molecule has 1 saturated carbocycles. The average molecular weight is 542 g/mol. The summed E-state index contributed by atoms with van der Waals surface area (Å²) in [5, 5.41) is 14.3. The van der Waals surface area contributed by atoms with E-state index in [4.69, 9.17) is 9.84 Å². The van der Waals surface area contributed by atoms with Crippen molar-refractivity contribution >= 4 is 29.2 Å². The van der Waals surface area contributed by atoms with Gasteiger partial charge >= 0.3 is 6.09 Å². The third-order valence-corrected chi connectivity index (χ3v) is 6.67. The van der Waals surface area contributed by atoms with Gasteiger partial charge in [-0.05, 0) is 82.9 Å². The Bertz CT molecular complexity index is 1470. The molecule has 1 fully saturated rings. The molecule has 0 bridgehead atoms. The molecule has 3 aromatic heterocycles. The van der Waals surface area contributed by atoms with Gasteiger partial charge in [-0.2, -0.15) is 0 Å². The van der Waals surface area contributed by atoms with Crippen molar-refractivity contribution < 1.29 is 14.3 Å². The van der Waals surface area contributed by atoms with E-state index in [9.17, 15) is 9.59 Å². The molecule has 1 aliphatic carbocycles. The molecule has 1 aromatic carbocycles. The topological polar surface area (TPSA) is 123 Å². The number of aromatic nitrogens is 4. The Balaban J connectivity index is 1.22. The van der Waals surface area contributed by atoms with Crippen molar-refractivity contribution in [2.75, 3.05) is 10.6 Å². The quantitative estimate of drug-likeness (QED) is 0.293. The van der Waals surface area contributed by atoms with E-state index in [1.165, 1.54) is 0 Å². The number of hydrogen-bond donors (Lipinski definition) is 3. The number of pyridine rings is 1. The van der Waals surface area contributed by atoms with Crippen LogP contribution in [0.3, 0.4) is 0 Å². The first kappa shape index (κ1) is 27.1. The van der Waals surface area contributed by atoms with Crippen LogP contribution in [0.2, 0.25) is 0 Å². The predicted molar refractivity (Wildman–Crippen MR) is 154 cm³/mol. The summed E-state index contributed by atoms with van der Waals surface area (Å²) in [6, 6.07) is 17.4. The first-order valence-corrected chi connectivity index (χ1v) is 13.6. The van der Waals surface area contributed by atoms with Crippen LogP contribution in [0.15, 0.2) is 67.0 Å². The number of hydrogen-bond acceptors (Lipinski definition) is 7. The molecule has 0 saturated heterocycles. The van der Waals surface area contributed by atoms with Crippen LogP contribution in [0.25, 0.3) is 16.9 Å². The van der Waals surface area contributed by atoms with Crippen molar-refractivity contribution in [1.82, 2.24) is 24.9 Å². The monoisotopic (exact) mass is 541 g/mol. The number of nitrogens with zero attached hydrogens (tertiary/aromatic N) is 4. The van der Waals surface area contributed by atoms with E-state index in [2.05, 4.69) is 25.9 Å². The molecule has 0 aliphatic heterocycles. The summed E-state index contributed by atoms with van der Waals surface area (Å²) in [4.78, 5) is 33.4. The highest BCUT2D eigenvalue weighted by Gasteiger charge is 2.25. The second-order valence-electron chi connectivity index (χ2n) is 11.1. The number of ether oxygens (including phenoxy) is 1. The van der Waals surface area contributed by atoms with E-state index in [0.29, 0.717) is 5.69 Å². The number of amides is 2. The standard InChI is InChI=1S/C30H35N7O3/c1-30(2,3)40-29(39)35-22-12-10-21(11-13-22)33-26-14-15-27-32-19-25(37(27)36-26)20-7-6-9-24(17-20)34-28(38)18-23-8-4-5-16-31-23/h4-9,14-17,19,21-22H,10-13,18H2,1-3H3,(H,33,36)(H,34,38)(H,35,39)/t21-,22-. The number of imidazole rings is 1. The molecule has 1 aliphatic rings. The van der Waals surface area contributed by atoms with Crippen molar-refractivity contribution in [3.8, 4) is 11.3 Å². The zero-order valence-electron chi connectivity index (χ0n) is 23.1. The fourth-order valence-corrected chi connectivity index (χ4v) is 4.84. The smallest absolute Gasteiger partial charge is 0.407 e. The molecule has 0 atom stereocenters. The highest BCUT2D eigenvalue weighted by atomic mass is 16.6. The highest BCUT2D eigenvalue weighted by molar-refractivity contribution is 5.92. The van der Waals surface area contributed by atoms with Gasteiger partial charge in [-0.15, -0.1) is 5.10 Å². The van der Waals surface area contributed by atoms with E-state index in [1.54, 1.807) is 12.4 Å². The first-order valence-electron chi connectivity index (χ1n) is 13.6. The molecule has 0 spiro atoms. The Kier molecular flexibility index (Phi) is 7.95. The van der Waals surface area contributed by atoms with Crippen LogP contribution >= 0.6 is 0 Å². The Morgan fingerprint density at radius 2 is 1.77 bits per heavy atom. The van der Waals surface area contributed by atoms with Gasteiger partial charge in [0.25, 0.3) is 0 Å². The maximum absolute atomic E-state index is 12.5. The minimum atomic E-state index is -0.505. The molecular weight excluding hydrogens is 506 g/mol. The van der Waals surface area contributed by atoms with Crippen LogP contribution < -0.4 is 16.0 Å². The molecule has 3 N–H and O–H groups in total.